The van der Waals surface area contributed by atoms with Crippen LogP contribution in [-0.4, -0.2) is 25.5 Å². The Balaban J connectivity index is 1.87. The van der Waals surface area contributed by atoms with Gasteiger partial charge in [0.25, 0.3) is 0 Å². The molecule has 2 rings (SSSR count). The standard InChI is InChI=1S/C17H16Cl2N2O3/c1-24-15-5-3-2-4-11(15)8-9-20-16(22)17(23)21-14-7-6-12(18)10-13(14)19/h2-7,10H,8-9H2,1H3,(H,20,22)(H,21,23). The Morgan fingerprint density at radius 1 is 1.08 bits per heavy atom. The van der Waals surface area contributed by atoms with Crippen molar-refractivity contribution in [2.45, 2.75) is 6.42 Å². The molecular weight excluding hydrogens is 351 g/mol. The Bertz CT molecular complexity index is 750. The van der Waals surface area contributed by atoms with Crippen molar-refractivity contribution in [3.8, 4) is 5.75 Å². The first-order valence-electron chi connectivity index (χ1n) is 7.17. The Labute approximate surface area is 149 Å². The summed E-state index contributed by atoms with van der Waals surface area (Å²) in [7, 11) is 1.58. The zero-order valence-electron chi connectivity index (χ0n) is 12.9. The minimum Gasteiger partial charge on any atom is -0.496 e. The van der Waals surface area contributed by atoms with Crippen molar-refractivity contribution in [3.05, 3.63) is 58.1 Å². The third-order valence-corrected chi connectivity index (χ3v) is 3.81. The van der Waals surface area contributed by atoms with E-state index in [0.29, 0.717) is 23.7 Å². The van der Waals surface area contributed by atoms with Crippen molar-refractivity contribution >= 4 is 40.7 Å². The van der Waals surface area contributed by atoms with Crippen LogP contribution in [0.15, 0.2) is 42.5 Å². The molecule has 0 saturated carbocycles. The predicted octanol–water partition coefficient (Wildman–Crippen LogP) is 3.30. The fourth-order valence-electron chi connectivity index (χ4n) is 2.07. The van der Waals surface area contributed by atoms with Gasteiger partial charge in [0.1, 0.15) is 5.75 Å². The molecule has 0 fully saturated rings. The molecule has 0 aromatic heterocycles. The topological polar surface area (TPSA) is 67.4 Å². The second-order valence-corrected chi connectivity index (χ2v) is 5.74. The van der Waals surface area contributed by atoms with Gasteiger partial charge in [-0.15, -0.1) is 0 Å². The summed E-state index contributed by atoms with van der Waals surface area (Å²) in [6, 6.07) is 12.1. The first-order valence-corrected chi connectivity index (χ1v) is 7.93. The maximum Gasteiger partial charge on any atom is 0.313 e. The van der Waals surface area contributed by atoms with Crippen LogP contribution in [0.25, 0.3) is 0 Å². The Morgan fingerprint density at radius 3 is 2.54 bits per heavy atom. The summed E-state index contributed by atoms with van der Waals surface area (Å²) >= 11 is 11.7. The number of carbonyl (C=O) groups excluding carboxylic acids is 2. The van der Waals surface area contributed by atoms with E-state index in [2.05, 4.69) is 10.6 Å². The molecule has 7 heteroatoms. The van der Waals surface area contributed by atoms with Crippen molar-refractivity contribution in [3.63, 3.8) is 0 Å². The zero-order chi connectivity index (χ0) is 17.5. The predicted molar refractivity (Wildman–Crippen MR) is 94.8 cm³/mol. The van der Waals surface area contributed by atoms with Crippen molar-refractivity contribution in [1.82, 2.24) is 5.32 Å². The van der Waals surface area contributed by atoms with E-state index >= 15 is 0 Å². The van der Waals surface area contributed by atoms with Gasteiger partial charge in [-0.05, 0) is 36.2 Å². The van der Waals surface area contributed by atoms with Crippen molar-refractivity contribution < 1.29 is 14.3 Å². The molecule has 2 aromatic carbocycles. The fourth-order valence-corrected chi connectivity index (χ4v) is 2.53. The maximum atomic E-state index is 11.9. The lowest BCUT2D eigenvalue weighted by molar-refractivity contribution is -0.136. The van der Waals surface area contributed by atoms with Crippen LogP contribution in [-0.2, 0) is 16.0 Å². The summed E-state index contributed by atoms with van der Waals surface area (Å²) < 4.78 is 5.23. The van der Waals surface area contributed by atoms with Crippen molar-refractivity contribution in [1.29, 1.82) is 0 Å². The number of benzene rings is 2. The molecule has 0 radical (unpaired) electrons. The van der Waals surface area contributed by atoms with Crippen LogP contribution in [0.1, 0.15) is 5.56 Å². The molecule has 0 atom stereocenters. The summed E-state index contributed by atoms with van der Waals surface area (Å²) in [6.07, 6.45) is 0.546. The number of ether oxygens (including phenoxy) is 1. The minimum absolute atomic E-state index is 0.262. The van der Waals surface area contributed by atoms with E-state index in [1.54, 1.807) is 13.2 Å². The lowest BCUT2D eigenvalue weighted by atomic mass is 10.1. The molecule has 0 saturated heterocycles. The molecule has 24 heavy (non-hydrogen) atoms. The highest BCUT2D eigenvalue weighted by Gasteiger charge is 2.15. The molecule has 2 amide bonds. The second-order valence-electron chi connectivity index (χ2n) is 4.90. The smallest absolute Gasteiger partial charge is 0.313 e. The monoisotopic (exact) mass is 366 g/mol. The van der Waals surface area contributed by atoms with E-state index in [1.807, 2.05) is 24.3 Å². The molecule has 0 aliphatic rings. The van der Waals surface area contributed by atoms with Gasteiger partial charge in [-0.3, -0.25) is 9.59 Å². The minimum atomic E-state index is -0.792. The molecule has 0 heterocycles. The van der Waals surface area contributed by atoms with Crippen molar-refractivity contribution in [2.75, 3.05) is 19.0 Å². The molecule has 2 aromatic rings. The van der Waals surface area contributed by atoms with E-state index in [0.717, 1.165) is 11.3 Å². The number of para-hydroxylation sites is 1. The van der Waals surface area contributed by atoms with Gasteiger partial charge < -0.3 is 15.4 Å². The number of rotatable bonds is 5. The van der Waals surface area contributed by atoms with E-state index in [4.69, 9.17) is 27.9 Å². The highest BCUT2D eigenvalue weighted by Crippen LogP contribution is 2.25. The van der Waals surface area contributed by atoms with Crippen LogP contribution in [0.4, 0.5) is 5.69 Å². The van der Waals surface area contributed by atoms with E-state index in [-0.39, 0.29) is 5.02 Å². The molecule has 0 aliphatic heterocycles. The summed E-state index contributed by atoms with van der Waals surface area (Å²) in [5.74, 6) is -0.792. The number of anilines is 1. The van der Waals surface area contributed by atoms with E-state index in [9.17, 15) is 9.59 Å². The summed E-state index contributed by atoms with van der Waals surface area (Å²) in [6.45, 7) is 0.307. The van der Waals surface area contributed by atoms with Crippen LogP contribution in [0.3, 0.4) is 0 Å². The van der Waals surface area contributed by atoms with Gasteiger partial charge in [0.2, 0.25) is 0 Å². The Hall–Kier alpha value is -2.24. The molecular formula is C17H16Cl2N2O3. The lowest BCUT2D eigenvalue weighted by Crippen LogP contribution is -2.36. The molecule has 0 bridgehead atoms. The molecule has 2 N–H and O–H groups in total. The third-order valence-electron chi connectivity index (χ3n) is 3.26. The fraction of sp³-hybridized carbons (Fsp3) is 0.176. The maximum absolute atomic E-state index is 11.9. The number of halogens is 2. The zero-order valence-corrected chi connectivity index (χ0v) is 14.4. The van der Waals surface area contributed by atoms with E-state index < -0.39 is 11.8 Å². The lowest BCUT2D eigenvalue weighted by Gasteiger charge is -2.10. The number of methoxy groups -OCH3 is 1. The normalized spacial score (nSPS) is 10.1. The van der Waals surface area contributed by atoms with Gasteiger partial charge >= 0.3 is 11.8 Å². The number of nitrogens with one attached hydrogen (secondary N) is 2. The number of hydrogen-bond acceptors (Lipinski definition) is 3. The van der Waals surface area contributed by atoms with Crippen LogP contribution in [0.5, 0.6) is 5.75 Å². The molecule has 0 spiro atoms. The number of hydrogen-bond donors (Lipinski definition) is 2. The Kier molecular flexibility index (Phi) is 6.46. The molecule has 0 aliphatic carbocycles. The van der Waals surface area contributed by atoms with Gasteiger partial charge in [-0.2, -0.15) is 0 Å². The first kappa shape index (κ1) is 18.1. The molecule has 5 nitrogen and oxygen atoms in total. The molecule has 126 valence electrons. The average molecular weight is 367 g/mol. The number of amides is 2. The first-order chi connectivity index (χ1) is 11.5. The summed E-state index contributed by atoms with van der Waals surface area (Å²) in [4.78, 5) is 23.7. The van der Waals surface area contributed by atoms with Crippen LogP contribution >= 0.6 is 23.2 Å². The second kappa shape index (κ2) is 8.57. The van der Waals surface area contributed by atoms with Crippen LogP contribution < -0.4 is 15.4 Å². The van der Waals surface area contributed by atoms with Gasteiger partial charge in [0.15, 0.2) is 0 Å². The Morgan fingerprint density at radius 2 is 1.83 bits per heavy atom. The third kappa shape index (κ3) is 4.88. The molecule has 0 unspecified atom stereocenters. The average Bonchev–Trinajstić information content (AvgIpc) is 2.57. The van der Waals surface area contributed by atoms with Gasteiger partial charge in [0, 0.05) is 11.6 Å². The van der Waals surface area contributed by atoms with Gasteiger partial charge in [0.05, 0.1) is 17.8 Å². The largest absolute Gasteiger partial charge is 0.496 e. The highest BCUT2D eigenvalue weighted by molar-refractivity contribution is 6.42. The van der Waals surface area contributed by atoms with Crippen LogP contribution in [0, 0.1) is 0 Å². The van der Waals surface area contributed by atoms with Gasteiger partial charge in [-0.25, -0.2) is 0 Å². The highest BCUT2D eigenvalue weighted by atomic mass is 35.5. The van der Waals surface area contributed by atoms with Crippen LogP contribution in [0.2, 0.25) is 10.0 Å². The number of carbonyl (C=O) groups is 2. The summed E-state index contributed by atoms with van der Waals surface area (Å²) in [5, 5.41) is 5.71. The SMILES string of the molecule is COc1ccccc1CCNC(=O)C(=O)Nc1ccc(Cl)cc1Cl. The van der Waals surface area contributed by atoms with Crippen molar-refractivity contribution in [2.24, 2.45) is 0 Å². The van der Waals surface area contributed by atoms with Gasteiger partial charge in [-0.1, -0.05) is 41.4 Å². The summed E-state index contributed by atoms with van der Waals surface area (Å²) in [5.41, 5.74) is 1.27. The quantitative estimate of drug-likeness (QED) is 0.797. The van der Waals surface area contributed by atoms with E-state index in [1.165, 1.54) is 12.1 Å².